The maximum Gasteiger partial charge on any atom is 0.412 e. The molecular formula is C20H39N5O5. The maximum absolute atomic E-state index is 12.9. The van der Waals surface area contributed by atoms with Crippen LogP contribution in [0.5, 0.6) is 0 Å². The van der Waals surface area contributed by atoms with Crippen LogP contribution in [0.1, 0.15) is 41.5 Å². The highest BCUT2D eigenvalue weighted by Gasteiger charge is 2.49. The molecule has 1 aliphatic heterocycles. The van der Waals surface area contributed by atoms with Crippen molar-refractivity contribution < 1.29 is 23.8 Å². The summed E-state index contributed by atoms with van der Waals surface area (Å²) < 4.78 is 16.7. The number of nitrogens with zero attached hydrogens (tertiary/aromatic N) is 3. The van der Waals surface area contributed by atoms with Gasteiger partial charge in [-0.3, -0.25) is 9.69 Å². The van der Waals surface area contributed by atoms with Gasteiger partial charge in [-0.1, -0.05) is 0 Å². The fourth-order valence-corrected chi connectivity index (χ4v) is 3.06. The molecule has 2 atom stereocenters. The lowest BCUT2D eigenvalue weighted by Gasteiger charge is -2.35. The van der Waals surface area contributed by atoms with Crippen LogP contribution < -0.4 is 10.6 Å². The van der Waals surface area contributed by atoms with Gasteiger partial charge in [0.25, 0.3) is 0 Å². The van der Waals surface area contributed by atoms with Gasteiger partial charge in [-0.25, -0.2) is 9.79 Å². The highest BCUT2D eigenvalue weighted by atomic mass is 16.6. The number of aliphatic imine (C=N–C) groups is 1. The molecule has 10 nitrogen and oxygen atoms in total. The van der Waals surface area contributed by atoms with Crippen LogP contribution in [0.15, 0.2) is 4.99 Å². The molecule has 10 heteroatoms. The zero-order valence-electron chi connectivity index (χ0n) is 19.9. The summed E-state index contributed by atoms with van der Waals surface area (Å²) in [5, 5.41) is 6.34. The lowest BCUT2D eigenvalue weighted by Crippen LogP contribution is -2.54. The molecule has 1 aliphatic rings. The average molecular weight is 430 g/mol. The van der Waals surface area contributed by atoms with Crippen LogP contribution in [-0.4, -0.2) is 98.7 Å². The summed E-state index contributed by atoms with van der Waals surface area (Å²) in [4.78, 5) is 32.2. The van der Waals surface area contributed by atoms with E-state index in [0.29, 0.717) is 25.7 Å². The van der Waals surface area contributed by atoms with Gasteiger partial charge in [-0.2, -0.15) is 0 Å². The summed E-state index contributed by atoms with van der Waals surface area (Å²) in [6, 6.07) is -0.283. The van der Waals surface area contributed by atoms with Crippen LogP contribution in [-0.2, 0) is 19.0 Å². The van der Waals surface area contributed by atoms with Crippen molar-refractivity contribution in [2.75, 3.05) is 47.4 Å². The van der Waals surface area contributed by atoms with Crippen LogP contribution in [0, 0.1) is 0 Å². The molecule has 1 fully saturated rings. The summed E-state index contributed by atoms with van der Waals surface area (Å²) in [5.41, 5.74) is -1.42. The van der Waals surface area contributed by atoms with Crippen molar-refractivity contribution in [2.24, 2.45) is 4.99 Å². The van der Waals surface area contributed by atoms with Gasteiger partial charge in [0.15, 0.2) is 5.96 Å². The Balaban J connectivity index is 2.92. The van der Waals surface area contributed by atoms with Gasteiger partial charge in [0, 0.05) is 34.3 Å². The largest absolute Gasteiger partial charge is 0.444 e. The topological polar surface area (TPSA) is 105 Å². The highest BCUT2D eigenvalue weighted by Crippen LogP contribution is 2.33. The van der Waals surface area contributed by atoms with Crippen LogP contribution >= 0.6 is 0 Å². The third kappa shape index (κ3) is 7.98. The molecule has 2 unspecified atom stereocenters. The number of hydrogen-bond acceptors (Lipinski definition) is 6. The molecule has 174 valence electrons. The third-order valence-electron chi connectivity index (χ3n) is 4.47. The predicted octanol–water partition coefficient (Wildman–Crippen LogP) is 1.02. The van der Waals surface area contributed by atoms with Gasteiger partial charge < -0.3 is 29.7 Å². The minimum Gasteiger partial charge on any atom is -0.444 e. The van der Waals surface area contributed by atoms with Gasteiger partial charge in [0.1, 0.15) is 17.9 Å². The van der Waals surface area contributed by atoms with E-state index >= 15 is 0 Å². The van der Waals surface area contributed by atoms with Gasteiger partial charge in [0.05, 0.1) is 18.8 Å². The maximum atomic E-state index is 12.9. The Morgan fingerprint density at radius 2 is 1.87 bits per heavy atom. The summed E-state index contributed by atoms with van der Waals surface area (Å²) in [5.74, 6) is 0.347. The molecule has 30 heavy (non-hydrogen) atoms. The Labute approximate surface area is 180 Å². The summed E-state index contributed by atoms with van der Waals surface area (Å²) in [6.45, 7) is 12.5. The summed E-state index contributed by atoms with van der Waals surface area (Å²) in [6.07, 6.45) is -0.652. The van der Waals surface area contributed by atoms with Gasteiger partial charge >= 0.3 is 6.09 Å². The number of likely N-dealkylation sites (N-methyl/N-ethyl adjacent to an activating group) is 1. The van der Waals surface area contributed by atoms with Crippen molar-refractivity contribution in [3.05, 3.63) is 0 Å². The van der Waals surface area contributed by atoms with E-state index in [2.05, 4.69) is 15.6 Å². The van der Waals surface area contributed by atoms with E-state index in [9.17, 15) is 9.59 Å². The van der Waals surface area contributed by atoms with Crippen LogP contribution in [0.3, 0.4) is 0 Å². The number of ether oxygens (including phenoxy) is 3. The molecule has 1 rings (SSSR count). The van der Waals surface area contributed by atoms with Crippen molar-refractivity contribution in [3.63, 3.8) is 0 Å². The molecule has 0 saturated carbocycles. The standard InChI is InChI=1S/C20H39N5O5/c1-14-15(25(20(5,6)29-14)18(27)30-19(2,3)4)12-22-17(21-10-11-28-9)23-13-16(26)24(7)8/h14-15H,10-13H2,1-9H3,(H2,21,22,23). The minimum absolute atomic E-state index is 0.00725. The Bertz CT molecular complexity index is 615. The average Bonchev–Trinajstić information content (AvgIpc) is 2.82. The Morgan fingerprint density at radius 1 is 1.23 bits per heavy atom. The SMILES string of the molecule is COCCNC(=NCC(=O)N(C)C)NCC1C(C)OC(C)(C)N1C(=O)OC(C)(C)C. The quantitative estimate of drug-likeness (QED) is 0.354. The lowest BCUT2D eigenvalue weighted by molar-refractivity contribution is -0.127. The van der Waals surface area contributed by atoms with E-state index in [1.165, 1.54) is 4.90 Å². The van der Waals surface area contributed by atoms with Gasteiger partial charge in [-0.05, 0) is 41.5 Å². The fourth-order valence-electron chi connectivity index (χ4n) is 3.06. The first kappa shape index (κ1) is 26.0. The third-order valence-corrected chi connectivity index (χ3v) is 4.47. The first-order valence-corrected chi connectivity index (χ1v) is 10.2. The van der Waals surface area contributed by atoms with Crippen molar-refractivity contribution in [1.29, 1.82) is 0 Å². The fraction of sp³-hybridized carbons (Fsp3) is 0.850. The first-order valence-electron chi connectivity index (χ1n) is 10.2. The molecule has 0 aromatic carbocycles. The Hall–Kier alpha value is -2.07. The monoisotopic (exact) mass is 429 g/mol. The number of guanidine groups is 1. The number of amides is 2. The second-order valence-electron chi connectivity index (χ2n) is 8.94. The van der Waals surface area contributed by atoms with Crippen molar-refractivity contribution >= 4 is 18.0 Å². The first-order chi connectivity index (χ1) is 13.8. The molecular weight excluding hydrogens is 390 g/mol. The molecule has 0 bridgehead atoms. The highest BCUT2D eigenvalue weighted by molar-refractivity contribution is 5.84. The molecule has 1 saturated heterocycles. The molecule has 0 aromatic heterocycles. The number of carbonyl (C=O) groups excluding carboxylic acids is 2. The van der Waals surface area contributed by atoms with Gasteiger partial charge in [-0.15, -0.1) is 0 Å². The summed E-state index contributed by atoms with van der Waals surface area (Å²) >= 11 is 0. The van der Waals surface area contributed by atoms with E-state index in [1.54, 1.807) is 26.1 Å². The van der Waals surface area contributed by atoms with Crippen molar-refractivity contribution in [1.82, 2.24) is 20.4 Å². The predicted molar refractivity (Wildman–Crippen MR) is 115 cm³/mol. The van der Waals surface area contributed by atoms with Crippen molar-refractivity contribution in [3.8, 4) is 0 Å². The second kappa shape index (κ2) is 10.8. The minimum atomic E-state index is -0.810. The summed E-state index contributed by atoms with van der Waals surface area (Å²) in [7, 11) is 4.98. The normalized spacial score (nSPS) is 21.4. The number of hydrogen-bond donors (Lipinski definition) is 2. The number of rotatable bonds is 7. The van der Waals surface area contributed by atoms with Crippen molar-refractivity contribution in [2.45, 2.75) is 65.0 Å². The van der Waals surface area contributed by atoms with Gasteiger partial charge in [0.2, 0.25) is 5.91 Å². The van der Waals surface area contributed by atoms with Crippen LogP contribution in [0.2, 0.25) is 0 Å². The van der Waals surface area contributed by atoms with E-state index in [4.69, 9.17) is 14.2 Å². The molecule has 0 aromatic rings. The molecule has 1 heterocycles. The Kier molecular flexibility index (Phi) is 9.35. The lowest BCUT2D eigenvalue weighted by atomic mass is 10.1. The molecule has 0 radical (unpaired) electrons. The second-order valence-corrected chi connectivity index (χ2v) is 8.94. The number of methoxy groups -OCH3 is 1. The van der Waals surface area contributed by atoms with Crippen LogP contribution in [0.25, 0.3) is 0 Å². The van der Waals surface area contributed by atoms with E-state index in [0.717, 1.165) is 0 Å². The number of carbonyl (C=O) groups is 2. The Morgan fingerprint density at radius 3 is 2.40 bits per heavy atom. The van der Waals surface area contributed by atoms with E-state index in [-0.39, 0.29) is 24.6 Å². The smallest absolute Gasteiger partial charge is 0.412 e. The molecule has 2 N–H and O–H groups in total. The van der Waals surface area contributed by atoms with E-state index < -0.39 is 17.4 Å². The molecule has 2 amide bonds. The molecule has 0 aliphatic carbocycles. The molecule has 0 spiro atoms. The van der Waals surface area contributed by atoms with Crippen LogP contribution in [0.4, 0.5) is 4.79 Å². The number of nitrogens with one attached hydrogen (secondary N) is 2. The zero-order chi connectivity index (χ0) is 23.1. The zero-order valence-corrected chi connectivity index (χ0v) is 19.9. The van der Waals surface area contributed by atoms with E-state index in [1.807, 2.05) is 41.5 Å².